The molecule has 5 nitrogen and oxygen atoms in total. The van der Waals surface area contributed by atoms with E-state index in [9.17, 15) is 26.4 Å². The highest BCUT2D eigenvalue weighted by molar-refractivity contribution is 8.13. The van der Waals surface area contributed by atoms with E-state index in [-0.39, 0.29) is 31.1 Å². The van der Waals surface area contributed by atoms with Gasteiger partial charge in [-0.1, -0.05) is 0 Å². The fraction of sp³-hybridized carbons (Fsp3) is 0.417. The molecule has 22 heavy (non-hydrogen) atoms. The van der Waals surface area contributed by atoms with E-state index < -0.39 is 21.1 Å². The quantitative estimate of drug-likeness (QED) is 0.759. The summed E-state index contributed by atoms with van der Waals surface area (Å²) in [5, 5.41) is 0. The summed E-state index contributed by atoms with van der Waals surface area (Å²) in [5.74, 6) is -1.84. The van der Waals surface area contributed by atoms with Crippen molar-refractivity contribution in [3.63, 3.8) is 0 Å². The number of alkyl halides is 3. The van der Waals surface area contributed by atoms with Gasteiger partial charge in [0, 0.05) is 42.5 Å². The molecule has 0 spiro atoms. The monoisotopic (exact) mass is 356 g/mol. The molecule has 0 aromatic heterocycles. The van der Waals surface area contributed by atoms with Crippen molar-refractivity contribution in [2.75, 3.05) is 31.1 Å². The van der Waals surface area contributed by atoms with E-state index in [1.807, 2.05) is 0 Å². The topological polar surface area (TPSA) is 57.7 Å². The number of anilines is 1. The van der Waals surface area contributed by atoms with E-state index >= 15 is 0 Å². The van der Waals surface area contributed by atoms with Crippen molar-refractivity contribution >= 4 is 31.3 Å². The van der Waals surface area contributed by atoms with Gasteiger partial charge in [-0.3, -0.25) is 4.79 Å². The van der Waals surface area contributed by atoms with E-state index in [1.54, 1.807) is 4.90 Å². The first kappa shape index (κ1) is 16.9. The molecular formula is C12H12ClF3N2O3S. The van der Waals surface area contributed by atoms with E-state index in [2.05, 4.69) is 0 Å². The lowest BCUT2D eigenvalue weighted by molar-refractivity contribution is -0.185. The van der Waals surface area contributed by atoms with Crippen molar-refractivity contribution in [2.45, 2.75) is 11.1 Å². The van der Waals surface area contributed by atoms with Crippen molar-refractivity contribution in [1.82, 2.24) is 4.90 Å². The second-order valence-corrected chi connectivity index (χ2v) is 7.27. The smallest absolute Gasteiger partial charge is 0.368 e. The zero-order valence-corrected chi connectivity index (χ0v) is 12.7. The van der Waals surface area contributed by atoms with Crippen LogP contribution < -0.4 is 4.90 Å². The van der Waals surface area contributed by atoms with Gasteiger partial charge in [-0.15, -0.1) is 0 Å². The van der Waals surface area contributed by atoms with Crippen molar-refractivity contribution in [2.24, 2.45) is 0 Å². The predicted octanol–water partition coefficient (Wildman–Crippen LogP) is 1.83. The van der Waals surface area contributed by atoms with Crippen LogP contribution in [0.15, 0.2) is 29.2 Å². The highest BCUT2D eigenvalue weighted by Crippen LogP contribution is 2.23. The third kappa shape index (κ3) is 3.83. The Balaban J connectivity index is 2.02. The van der Waals surface area contributed by atoms with Gasteiger partial charge >= 0.3 is 12.1 Å². The van der Waals surface area contributed by atoms with Crippen molar-refractivity contribution in [1.29, 1.82) is 0 Å². The van der Waals surface area contributed by atoms with Crippen LogP contribution in [0.1, 0.15) is 0 Å². The molecule has 0 N–H and O–H groups in total. The third-order valence-corrected chi connectivity index (χ3v) is 4.66. The summed E-state index contributed by atoms with van der Waals surface area (Å²) in [6, 6.07) is 5.70. The number of halogens is 4. The van der Waals surface area contributed by atoms with Crippen LogP contribution >= 0.6 is 10.7 Å². The minimum Gasteiger partial charge on any atom is -0.368 e. The number of amides is 1. The van der Waals surface area contributed by atoms with Crippen LogP contribution in [0, 0.1) is 0 Å². The molecule has 2 rings (SSSR count). The van der Waals surface area contributed by atoms with Gasteiger partial charge in [-0.05, 0) is 24.3 Å². The van der Waals surface area contributed by atoms with Crippen LogP contribution in [-0.2, 0) is 13.8 Å². The zero-order valence-electron chi connectivity index (χ0n) is 11.2. The Kier molecular flexibility index (Phi) is 4.57. The van der Waals surface area contributed by atoms with Crippen LogP contribution in [0.4, 0.5) is 18.9 Å². The molecule has 1 amide bonds. The summed E-state index contributed by atoms with van der Waals surface area (Å²) < 4.78 is 59.3. The number of hydrogen-bond donors (Lipinski definition) is 0. The second kappa shape index (κ2) is 5.96. The lowest BCUT2D eigenvalue weighted by Gasteiger charge is -2.36. The molecule has 1 aromatic rings. The molecule has 0 aliphatic carbocycles. The van der Waals surface area contributed by atoms with Crippen LogP contribution in [0.2, 0.25) is 0 Å². The largest absolute Gasteiger partial charge is 0.471 e. The average Bonchev–Trinajstić information content (AvgIpc) is 2.45. The normalized spacial score (nSPS) is 16.7. The highest BCUT2D eigenvalue weighted by atomic mass is 35.7. The first-order valence-electron chi connectivity index (χ1n) is 6.25. The molecule has 122 valence electrons. The summed E-state index contributed by atoms with van der Waals surface area (Å²) in [6.45, 7) is 0.366. The number of benzene rings is 1. The van der Waals surface area contributed by atoms with E-state index in [1.165, 1.54) is 24.3 Å². The van der Waals surface area contributed by atoms with E-state index in [0.29, 0.717) is 5.69 Å². The number of piperazine rings is 1. The Hall–Kier alpha value is -1.48. The first-order valence-corrected chi connectivity index (χ1v) is 8.56. The molecule has 1 fully saturated rings. The number of hydrogen-bond acceptors (Lipinski definition) is 4. The van der Waals surface area contributed by atoms with Crippen molar-refractivity contribution in [3.8, 4) is 0 Å². The Morgan fingerprint density at radius 2 is 1.55 bits per heavy atom. The lowest BCUT2D eigenvalue weighted by Crippen LogP contribution is -2.52. The second-order valence-electron chi connectivity index (χ2n) is 4.71. The van der Waals surface area contributed by atoms with Crippen LogP contribution in [0.3, 0.4) is 0 Å². The molecule has 1 aliphatic heterocycles. The summed E-state index contributed by atoms with van der Waals surface area (Å²) in [5.41, 5.74) is 0.656. The first-order chi connectivity index (χ1) is 10.1. The molecule has 0 unspecified atom stereocenters. The molecule has 1 aromatic carbocycles. The van der Waals surface area contributed by atoms with Gasteiger partial charge in [0.15, 0.2) is 0 Å². The summed E-state index contributed by atoms with van der Waals surface area (Å²) in [4.78, 5) is 13.6. The van der Waals surface area contributed by atoms with Crippen LogP contribution in [0.25, 0.3) is 0 Å². The third-order valence-electron chi connectivity index (χ3n) is 3.29. The van der Waals surface area contributed by atoms with E-state index in [4.69, 9.17) is 10.7 Å². The van der Waals surface area contributed by atoms with Crippen molar-refractivity contribution in [3.05, 3.63) is 24.3 Å². The number of nitrogens with zero attached hydrogens (tertiary/aromatic N) is 2. The minimum atomic E-state index is -4.86. The SMILES string of the molecule is O=C(N1CCN(c2ccc(S(=O)(=O)Cl)cc2)CC1)C(F)(F)F. The predicted molar refractivity (Wildman–Crippen MR) is 74.3 cm³/mol. The summed E-state index contributed by atoms with van der Waals surface area (Å²) >= 11 is 0. The Bertz CT molecular complexity index is 653. The number of carbonyl (C=O) groups is 1. The molecule has 0 bridgehead atoms. The van der Waals surface area contributed by atoms with Crippen molar-refractivity contribution < 1.29 is 26.4 Å². The maximum Gasteiger partial charge on any atom is 0.471 e. The van der Waals surface area contributed by atoms with Gasteiger partial charge in [0.2, 0.25) is 0 Å². The van der Waals surface area contributed by atoms with Gasteiger partial charge in [-0.25, -0.2) is 8.42 Å². The fourth-order valence-electron chi connectivity index (χ4n) is 2.17. The molecule has 10 heteroatoms. The minimum absolute atomic E-state index is 0.0477. The van der Waals surface area contributed by atoms with E-state index in [0.717, 1.165) is 4.90 Å². The Morgan fingerprint density at radius 3 is 1.95 bits per heavy atom. The highest BCUT2D eigenvalue weighted by Gasteiger charge is 2.43. The number of carbonyl (C=O) groups excluding carboxylic acids is 1. The molecule has 1 saturated heterocycles. The van der Waals surface area contributed by atoms with Gasteiger partial charge in [0.1, 0.15) is 0 Å². The summed E-state index contributed by atoms with van der Waals surface area (Å²) in [6.07, 6.45) is -4.86. The Morgan fingerprint density at radius 1 is 1.05 bits per heavy atom. The maximum atomic E-state index is 12.3. The van der Waals surface area contributed by atoms with Gasteiger partial charge in [0.25, 0.3) is 9.05 Å². The molecule has 0 atom stereocenters. The van der Waals surface area contributed by atoms with Gasteiger partial charge < -0.3 is 9.80 Å². The van der Waals surface area contributed by atoms with Crippen LogP contribution in [-0.4, -0.2) is 51.6 Å². The fourth-order valence-corrected chi connectivity index (χ4v) is 2.94. The number of rotatable bonds is 2. The van der Waals surface area contributed by atoms with Gasteiger partial charge in [0.05, 0.1) is 4.90 Å². The molecule has 1 heterocycles. The molecule has 0 saturated carbocycles. The Labute approximate surface area is 129 Å². The molecular weight excluding hydrogens is 345 g/mol. The molecule has 1 aliphatic rings. The van der Waals surface area contributed by atoms with Gasteiger partial charge in [-0.2, -0.15) is 13.2 Å². The zero-order chi connectivity index (χ0) is 16.5. The summed E-state index contributed by atoms with van der Waals surface area (Å²) in [7, 11) is 1.39. The van der Waals surface area contributed by atoms with Crippen LogP contribution in [0.5, 0.6) is 0 Å². The maximum absolute atomic E-state index is 12.3. The standard InChI is InChI=1S/C12H12ClF3N2O3S/c13-22(20,21)10-3-1-9(2-4-10)17-5-7-18(8-6-17)11(19)12(14,15)16/h1-4H,5-8H2. The lowest BCUT2D eigenvalue weighted by atomic mass is 10.2. The average molecular weight is 357 g/mol. The molecule has 0 radical (unpaired) electrons.